The zero-order valence-corrected chi connectivity index (χ0v) is 42.3. The second kappa shape index (κ2) is 20.8. The number of fused-ring (bicyclic) bond motifs is 4. The van der Waals surface area contributed by atoms with Crippen LogP contribution >= 0.6 is 0 Å². The summed E-state index contributed by atoms with van der Waals surface area (Å²) in [5, 5.41) is 2.47. The fourth-order valence-corrected chi connectivity index (χ4v) is 9.94. The van der Waals surface area contributed by atoms with E-state index in [1.165, 1.54) is 25.2 Å². The number of carbonyl (C=O) groups excluding carboxylic acids is 5. The second-order valence-corrected chi connectivity index (χ2v) is 24.9. The number of unbranched alkanes of at least 4 members (excludes halogenated alkanes) is 2. The molecule has 67 heavy (non-hydrogen) atoms. The molecule has 6 rings (SSSR count). The van der Waals surface area contributed by atoms with Gasteiger partial charge in [-0.05, 0) is 103 Å². The molecule has 0 spiro atoms. The van der Waals surface area contributed by atoms with Crippen LogP contribution in [-0.4, -0.2) is 132 Å². The summed E-state index contributed by atoms with van der Waals surface area (Å²) in [5.74, 6) is 0.645. The van der Waals surface area contributed by atoms with Crippen molar-refractivity contribution in [3.8, 4) is 23.0 Å². The van der Waals surface area contributed by atoms with Crippen LogP contribution in [0.4, 0.5) is 21.0 Å². The summed E-state index contributed by atoms with van der Waals surface area (Å²) in [4.78, 5) is 75.7. The average Bonchev–Trinajstić information content (AvgIpc) is 3.91. The van der Waals surface area contributed by atoms with Crippen LogP contribution in [-0.2, 0) is 18.7 Å². The van der Waals surface area contributed by atoms with Gasteiger partial charge in [0.15, 0.2) is 37.5 Å². The van der Waals surface area contributed by atoms with Gasteiger partial charge in [0, 0.05) is 31.8 Å². The summed E-state index contributed by atoms with van der Waals surface area (Å²) in [7, 11) is 0.515. The molecule has 5 amide bonds. The van der Waals surface area contributed by atoms with Crippen LogP contribution in [0, 0.1) is 0 Å². The topological polar surface area (TPSA) is 175 Å². The Bertz CT molecular complexity index is 2190. The molecule has 0 bridgehead atoms. The molecule has 1 unspecified atom stereocenters. The first-order valence-corrected chi connectivity index (χ1v) is 26.4. The number of hydrogen-bond acceptors (Lipinski definition) is 12. The van der Waals surface area contributed by atoms with Crippen LogP contribution < -0.4 is 34.1 Å². The van der Waals surface area contributed by atoms with Crippen LogP contribution in [0.5, 0.6) is 23.0 Å². The fraction of sp³-hybridized carbons (Fsp3) is 0.612. The molecule has 1 N–H and O–H groups in total. The second-order valence-electron chi connectivity index (χ2n) is 20.1. The Labute approximate surface area is 396 Å². The Kier molecular flexibility index (Phi) is 15.8. The standard InChI is InChI=1S/C49H71N5O12Si/c1-13-23-64-47(59)54-37-29-41(39(61-10)27-34(37)44(57)52-22-18-20-35(52)45(54)66-67(11,12)49(6,7)8)63-25-16-14-15-24-62-40-28-36-33(26-38(40)60-9)43(56)51-21-17-19-32(51)30-53(36)42(55)31(2)50-46(58)65-48(3,4)5/h13,26-29,31-32,35,45H,1,14-25,30H2,2-12H3,(H,50,58)/t31-,32-,35-,45?/m0/s1. The molecule has 0 aromatic heterocycles. The normalized spacial score (nSPS) is 19.8. The maximum atomic E-state index is 14.3. The zero-order chi connectivity index (χ0) is 49.0. The molecule has 4 aliphatic rings. The first-order valence-electron chi connectivity index (χ1n) is 23.5. The molecule has 2 aromatic carbocycles. The average molecular weight is 950 g/mol. The van der Waals surface area contributed by atoms with Crippen molar-refractivity contribution >= 4 is 49.6 Å². The number of hydrogen-bond donors (Lipinski definition) is 1. The van der Waals surface area contributed by atoms with E-state index >= 15 is 0 Å². The lowest BCUT2D eigenvalue weighted by Crippen LogP contribution is -2.58. The minimum absolute atomic E-state index is 0.0202. The predicted molar refractivity (Wildman–Crippen MR) is 256 cm³/mol. The Morgan fingerprint density at radius 2 is 1.39 bits per heavy atom. The van der Waals surface area contributed by atoms with Crippen molar-refractivity contribution in [3.05, 3.63) is 48.0 Å². The van der Waals surface area contributed by atoms with Crippen molar-refractivity contribution in [2.24, 2.45) is 0 Å². The molecular weight excluding hydrogens is 879 g/mol. The van der Waals surface area contributed by atoms with E-state index in [2.05, 4.69) is 45.8 Å². The van der Waals surface area contributed by atoms with Crippen molar-refractivity contribution in [3.63, 3.8) is 0 Å². The Morgan fingerprint density at radius 1 is 0.821 bits per heavy atom. The fourth-order valence-electron chi connectivity index (χ4n) is 8.72. The highest BCUT2D eigenvalue weighted by molar-refractivity contribution is 6.74. The van der Waals surface area contributed by atoms with Crippen LogP contribution in [0.25, 0.3) is 0 Å². The Balaban J connectivity index is 1.16. The van der Waals surface area contributed by atoms with E-state index in [9.17, 15) is 24.0 Å². The third-order valence-corrected chi connectivity index (χ3v) is 17.6. The van der Waals surface area contributed by atoms with Crippen molar-refractivity contribution in [2.45, 2.75) is 141 Å². The summed E-state index contributed by atoms with van der Waals surface area (Å²) in [6, 6.07) is 5.10. The van der Waals surface area contributed by atoms with Crippen molar-refractivity contribution in [1.29, 1.82) is 0 Å². The van der Waals surface area contributed by atoms with Gasteiger partial charge in [0.05, 0.1) is 62.0 Å². The van der Waals surface area contributed by atoms with Gasteiger partial charge in [-0.3, -0.25) is 14.4 Å². The Hall–Kier alpha value is -5.49. The molecule has 368 valence electrons. The van der Waals surface area contributed by atoms with Crippen molar-refractivity contribution in [1.82, 2.24) is 15.1 Å². The lowest BCUT2D eigenvalue weighted by molar-refractivity contribution is -0.120. The van der Waals surface area contributed by atoms with E-state index in [1.54, 1.807) is 61.8 Å². The minimum Gasteiger partial charge on any atom is -0.493 e. The lowest BCUT2D eigenvalue weighted by Gasteiger charge is -2.44. The first kappa shape index (κ1) is 50.9. The van der Waals surface area contributed by atoms with E-state index in [-0.39, 0.29) is 54.6 Å². The quantitative estimate of drug-likeness (QED) is 0.0970. The van der Waals surface area contributed by atoms with Gasteiger partial charge in [0.1, 0.15) is 18.2 Å². The molecule has 4 atom stereocenters. The van der Waals surface area contributed by atoms with E-state index in [4.69, 9.17) is 32.8 Å². The zero-order valence-electron chi connectivity index (χ0n) is 41.3. The van der Waals surface area contributed by atoms with Gasteiger partial charge in [0.2, 0.25) is 5.91 Å². The van der Waals surface area contributed by atoms with Crippen LogP contribution in [0.2, 0.25) is 18.1 Å². The van der Waals surface area contributed by atoms with Gasteiger partial charge >= 0.3 is 12.2 Å². The molecule has 2 saturated heterocycles. The van der Waals surface area contributed by atoms with Crippen LogP contribution in [0.3, 0.4) is 0 Å². The highest BCUT2D eigenvalue weighted by atomic mass is 28.4. The molecule has 4 heterocycles. The molecule has 17 nitrogen and oxygen atoms in total. The Morgan fingerprint density at radius 3 is 1.97 bits per heavy atom. The van der Waals surface area contributed by atoms with Gasteiger partial charge in [-0.1, -0.05) is 33.4 Å². The maximum absolute atomic E-state index is 14.3. The number of benzene rings is 2. The molecule has 0 aliphatic carbocycles. The summed E-state index contributed by atoms with van der Waals surface area (Å²) in [6.45, 7) is 23.2. The SMILES string of the molecule is C=CCOC(=O)N1c2cc(OCCCCCOc3cc4c(cc3OC)C(=O)N3CCC[C@H]3CN4C(=O)[C@H](C)NC(=O)OC(C)(C)C)c(OC)cc2C(=O)N2CCC[C@H]2C1O[Si](C)(C)C(C)(C)C. The molecule has 0 radical (unpaired) electrons. The van der Waals surface area contributed by atoms with E-state index in [0.717, 1.165) is 19.3 Å². The van der Waals surface area contributed by atoms with E-state index in [1.807, 2.05) is 4.90 Å². The predicted octanol–water partition coefficient (Wildman–Crippen LogP) is 8.29. The van der Waals surface area contributed by atoms with Gasteiger partial charge in [-0.25, -0.2) is 14.5 Å². The molecule has 4 aliphatic heterocycles. The third-order valence-electron chi connectivity index (χ3n) is 13.2. The maximum Gasteiger partial charge on any atom is 0.416 e. The van der Waals surface area contributed by atoms with Gasteiger partial charge in [0.25, 0.3) is 11.8 Å². The third kappa shape index (κ3) is 11.3. The monoisotopic (exact) mass is 949 g/mol. The van der Waals surface area contributed by atoms with Gasteiger partial charge < -0.3 is 52.9 Å². The summed E-state index contributed by atoms with van der Waals surface area (Å²) >= 11 is 0. The first-order chi connectivity index (χ1) is 31.6. The van der Waals surface area contributed by atoms with E-state index < -0.39 is 38.4 Å². The smallest absolute Gasteiger partial charge is 0.416 e. The summed E-state index contributed by atoms with van der Waals surface area (Å²) in [5.41, 5.74) is 0.571. The number of nitrogens with zero attached hydrogens (tertiary/aromatic N) is 4. The summed E-state index contributed by atoms with van der Waals surface area (Å²) < 4.78 is 42.2. The number of rotatable bonds is 16. The number of methoxy groups -OCH3 is 2. The van der Waals surface area contributed by atoms with Crippen molar-refractivity contribution < 1.29 is 56.8 Å². The highest BCUT2D eigenvalue weighted by Gasteiger charge is 2.51. The molecule has 2 aromatic rings. The van der Waals surface area contributed by atoms with E-state index in [0.29, 0.717) is 90.9 Å². The number of amides is 5. The molecular formula is C49H71N5O12Si. The van der Waals surface area contributed by atoms with Crippen molar-refractivity contribution in [2.75, 3.05) is 63.5 Å². The lowest BCUT2D eigenvalue weighted by atomic mass is 10.1. The highest BCUT2D eigenvalue weighted by Crippen LogP contribution is 2.46. The number of carbonyl (C=O) groups is 5. The van der Waals surface area contributed by atoms with Gasteiger partial charge in [-0.2, -0.15) is 0 Å². The van der Waals surface area contributed by atoms with Crippen LogP contribution in [0.1, 0.15) is 114 Å². The number of anilines is 2. The van der Waals surface area contributed by atoms with Gasteiger partial charge in [-0.15, -0.1) is 0 Å². The largest absolute Gasteiger partial charge is 0.493 e. The minimum atomic E-state index is -2.50. The number of alkyl carbamates (subject to hydrolysis) is 1. The summed E-state index contributed by atoms with van der Waals surface area (Å²) in [6.07, 6.45) is 4.30. The molecule has 18 heteroatoms. The molecule has 2 fully saturated rings. The van der Waals surface area contributed by atoms with Crippen LogP contribution in [0.15, 0.2) is 36.9 Å². The molecule has 0 saturated carbocycles. The number of ether oxygens (including phenoxy) is 6. The number of nitrogens with one attached hydrogen (secondary N) is 1.